The molecule has 0 bridgehead atoms. The molecule has 0 aliphatic heterocycles. The standard InChI is InChI=1S/C19H26N2OS/c1-14-21-17(13-23-14)11-12-20-18(22)10-7-15-5-8-16(9-6-15)19(2,3)4/h5-6,8-9,13H,7,10-12H2,1-4H3,(H,20,22). The van der Waals surface area contributed by atoms with Gasteiger partial charge in [0.25, 0.3) is 0 Å². The Morgan fingerprint density at radius 1 is 1.17 bits per heavy atom. The molecule has 0 fully saturated rings. The van der Waals surface area contributed by atoms with Crippen LogP contribution in [0.4, 0.5) is 0 Å². The minimum Gasteiger partial charge on any atom is -0.356 e. The number of aryl methyl sites for hydroxylation is 2. The fraction of sp³-hybridized carbons (Fsp3) is 0.474. The highest BCUT2D eigenvalue weighted by atomic mass is 32.1. The van der Waals surface area contributed by atoms with Crippen LogP contribution in [0.25, 0.3) is 0 Å². The van der Waals surface area contributed by atoms with Crippen LogP contribution >= 0.6 is 11.3 Å². The topological polar surface area (TPSA) is 42.0 Å². The first-order valence-electron chi connectivity index (χ1n) is 8.12. The Morgan fingerprint density at radius 2 is 1.87 bits per heavy atom. The molecule has 0 aliphatic rings. The van der Waals surface area contributed by atoms with E-state index in [9.17, 15) is 4.79 Å². The summed E-state index contributed by atoms with van der Waals surface area (Å²) in [5.74, 6) is 0.108. The second-order valence-electron chi connectivity index (χ2n) is 6.90. The number of hydrogen-bond acceptors (Lipinski definition) is 3. The normalized spacial score (nSPS) is 11.5. The van der Waals surface area contributed by atoms with Crippen molar-refractivity contribution in [1.29, 1.82) is 0 Å². The molecule has 0 saturated carbocycles. The number of nitrogens with one attached hydrogen (secondary N) is 1. The Morgan fingerprint density at radius 3 is 2.43 bits per heavy atom. The van der Waals surface area contributed by atoms with E-state index < -0.39 is 0 Å². The third-order valence-corrected chi connectivity index (χ3v) is 4.65. The van der Waals surface area contributed by atoms with Gasteiger partial charge in [-0.1, -0.05) is 45.0 Å². The molecule has 2 aromatic rings. The molecule has 2 rings (SSSR count). The molecule has 0 spiro atoms. The number of carbonyl (C=O) groups is 1. The van der Waals surface area contributed by atoms with Gasteiger partial charge in [0.1, 0.15) is 0 Å². The fourth-order valence-electron chi connectivity index (χ4n) is 2.37. The lowest BCUT2D eigenvalue weighted by Gasteiger charge is -2.19. The first-order chi connectivity index (χ1) is 10.8. The van der Waals surface area contributed by atoms with Gasteiger partial charge in [0.05, 0.1) is 10.7 Å². The van der Waals surface area contributed by atoms with E-state index in [1.165, 1.54) is 11.1 Å². The van der Waals surface area contributed by atoms with Crippen molar-refractivity contribution in [1.82, 2.24) is 10.3 Å². The van der Waals surface area contributed by atoms with E-state index in [-0.39, 0.29) is 11.3 Å². The molecule has 0 saturated heterocycles. The second-order valence-corrected chi connectivity index (χ2v) is 7.97. The quantitative estimate of drug-likeness (QED) is 0.868. The van der Waals surface area contributed by atoms with E-state index >= 15 is 0 Å². The van der Waals surface area contributed by atoms with Gasteiger partial charge in [0, 0.05) is 24.8 Å². The van der Waals surface area contributed by atoms with E-state index in [0.717, 1.165) is 23.5 Å². The molecule has 4 heteroatoms. The van der Waals surface area contributed by atoms with Crippen molar-refractivity contribution < 1.29 is 4.79 Å². The van der Waals surface area contributed by atoms with E-state index in [0.29, 0.717) is 13.0 Å². The van der Waals surface area contributed by atoms with Gasteiger partial charge < -0.3 is 5.32 Å². The minimum atomic E-state index is 0.108. The Hall–Kier alpha value is -1.68. The second kappa shape index (κ2) is 7.73. The fourth-order valence-corrected chi connectivity index (χ4v) is 3.02. The average Bonchev–Trinajstić information content (AvgIpc) is 2.90. The van der Waals surface area contributed by atoms with Crippen LogP contribution < -0.4 is 5.32 Å². The van der Waals surface area contributed by atoms with Gasteiger partial charge >= 0.3 is 0 Å². The average molecular weight is 330 g/mol. The summed E-state index contributed by atoms with van der Waals surface area (Å²) in [6.45, 7) is 9.28. The van der Waals surface area contributed by atoms with Crippen molar-refractivity contribution in [2.75, 3.05) is 6.54 Å². The molecule has 1 amide bonds. The number of nitrogens with zero attached hydrogens (tertiary/aromatic N) is 1. The van der Waals surface area contributed by atoms with Gasteiger partial charge in [-0.3, -0.25) is 4.79 Å². The Bertz CT molecular complexity index is 638. The lowest BCUT2D eigenvalue weighted by Crippen LogP contribution is -2.25. The maximum atomic E-state index is 11.9. The third kappa shape index (κ3) is 5.79. The maximum absolute atomic E-state index is 11.9. The zero-order valence-corrected chi connectivity index (χ0v) is 15.3. The van der Waals surface area contributed by atoms with Crippen LogP contribution in [0, 0.1) is 6.92 Å². The minimum absolute atomic E-state index is 0.108. The number of thiazole rings is 1. The largest absolute Gasteiger partial charge is 0.356 e. The summed E-state index contributed by atoms with van der Waals surface area (Å²) in [7, 11) is 0. The van der Waals surface area contributed by atoms with E-state index in [4.69, 9.17) is 0 Å². The van der Waals surface area contributed by atoms with Gasteiger partial charge in [-0.15, -0.1) is 11.3 Å². The highest BCUT2D eigenvalue weighted by Crippen LogP contribution is 2.22. The molecule has 0 aliphatic carbocycles. The van der Waals surface area contributed by atoms with Crippen molar-refractivity contribution in [3.8, 4) is 0 Å². The predicted octanol–water partition coefficient (Wildman–Crippen LogP) is 4.04. The SMILES string of the molecule is Cc1nc(CCNC(=O)CCc2ccc(C(C)(C)C)cc2)cs1. The van der Waals surface area contributed by atoms with Crippen molar-refractivity contribution in [3.63, 3.8) is 0 Å². The van der Waals surface area contributed by atoms with Crippen LogP contribution in [0.5, 0.6) is 0 Å². The molecule has 0 atom stereocenters. The summed E-state index contributed by atoms with van der Waals surface area (Å²) in [6.07, 6.45) is 2.12. The molecule has 1 heterocycles. The molecule has 124 valence electrons. The number of amides is 1. The van der Waals surface area contributed by atoms with Crippen molar-refractivity contribution >= 4 is 17.2 Å². The van der Waals surface area contributed by atoms with Gasteiger partial charge in [0.15, 0.2) is 0 Å². The van der Waals surface area contributed by atoms with Crippen LogP contribution in [0.1, 0.15) is 49.0 Å². The van der Waals surface area contributed by atoms with Gasteiger partial charge in [-0.25, -0.2) is 4.98 Å². The number of aromatic nitrogens is 1. The number of carbonyl (C=O) groups excluding carboxylic acids is 1. The van der Waals surface area contributed by atoms with E-state index in [1.807, 2.05) is 6.92 Å². The summed E-state index contributed by atoms with van der Waals surface area (Å²) in [4.78, 5) is 16.3. The first kappa shape index (κ1) is 17.7. The molecule has 1 N–H and O–H groups in total. The van der Waals surface area contributed by atoms with E-state index in [2.05, 4.69) is 60.7 Å². The molecule has 1 aromatic heterocycles. The summed E-state index contributed by atoms with van der Waals surface area (Å²) >= 11 is 1.65. The highest BCUT2D eigenvalue weighted by molar-refractivity contribution is 7.09. The van der Waals surface area contributed by atoms with Crippen LogP contribution in [-0.4, -0.2) is 17.4 Å². The molecular formula is C19H26N2OS. The number of rotatable bonds is 6. The zero-order valence-electron chi connectivity index (χ0n) is 14.5. The molecule has 23 heavy (non-hydrogen) atoms. The molecular weight excluding hydrogens is 304 g/mol. The van der Waals surface area contributed by atoms with Crippen LogP contribution in [-0.2, 0) is 23.1 Å². The van der Waals surface area contributed by atoms with Crippen LogP contribution in [0.2, 0.25) is 0 Å². The van der Waals surface area contributed by atoms with E-state index in [1.54, 1.807) is 11.3 Å². The summed E-state index contributed by atoms with van der Waals surface area (Å²) in [5, 5.41) is 6.10. The summed E-state index contributed by atoms with van der Waals surface area (Å²) < 4.78 is 0. The van der Waals surface area contributed by atoms with Gasteiger partial charge in [0.2, 0.25) is 5.91 Å². The molecule has 0 unspecified atom stereocenters. The van der Waals surface area contributed by atoms with Crippen molar-refractivity contribution in [2.45, 2.75) is 52.4 Å². The van der Waals surface area contributed by atoms with Crippen LogP contribution in [0.3, 0.4) is 0 Å². The summed E-state index contributed by atoms with van der Waals surface area (Å²) in [5.41, 5.74) is 3.77. The molecule has 3 nitrogen and oxygen atoms in total. The molecule has 0 radical (unpaired) electrons. The maximum Gasteiger partial charge on any atom is 0.220 e. The monoisotopic (exact) mass is 330 g/mol. The summed E-state index contributed by atoms with van der Waals surface area (Å²) in [6, 6.07) is 8.59. The first-order valence-corrected chi connectivity index (χ1v) is 9.00. The lowest BCUT2D eigenvalue weighted by molar-refractivity contribution is -0.121. The van der Waals surface area contributed by atoms with Crippen molar-refractivity contribution in [3.05, 3.63) is 51.5 Å². The number of benzene rings is 1. The van der Waals surface area contributed by atoms with Crippen LogP contribution in [0.15, 0.2) is 29.6 Å². The Kier molecular flexibility index (Phi) is 5.94. The third-order valence-electron chi connectivity index (χ3n) is 3.83. The smallest absolute Gasteiger partial charge is 0.220 e. The Balaban J connectivity index is 1.71. The highest BCUT2D eigenvalue weighted by Gasteiger charge is 2.13. The lowest BCUT2D eigenvalue weighted by atomic mass is 9.86. The molecule has 1 aromatic carbocycles. The van der Waals surface area contributed by atoms with Crippen molar-refractivity contribution in [2.24, 2.45) is 0 Å². The predicted molar refractivity (Wildman–Crippen MR) is 97.0 cm³/mol. The van der Waals surface area contributed by atoms with Gasteiger partial charge in [-0.2, -0.15) is 0 Å². The number of hydrogen-bond donors (Lipinski definition) is 1. The van der Waals surface area contributed by atoms with Gasteiger partial charge in [-0.05, 0) is 29.9 Å². The Labute approximate surface area is 143 Å². The zero-order chi connectivity index (χ0) is 16.9.